The van der Waals surface area contributed by atoms with Crippen molar-refractivity contribution in [2.24, 2.45) is 0 Å². The SMILES string of the molecule is Nc1ncc(-c2ccccc2CCO)nc1-c1nnc(-c2ccccc2)o1. The van der Waals surface area contributed by atoms with Gasteiger partial charge in [-0.05, 0) is 24.1 Å². The van der Waals surface area contributed by atoms with Crippen LogP contribution in [0.3, 0.4) is 0 Å². The predicted molar refractivity (Wildman–Crippen MR) is 101 cm³/mol. The summed E-state index contributed by atoms with van der Waals surface area (Å²) in [5.74, 6) is 0.805. The maximum Gasteiger partial charge on any atom is 0.270 e. The highest BCUT2D eigenvalue weighted by Gasteiger charge is 2.17. The third-order valence-corrected chi connectivity index (χ3v) is 4.12. The molecule has 2 aromatic carbocycles. The van der Waals surface area contributed by atoms with Crippen molar-refractivity contribution in [2.45, 2.75) is 6.42 Å². The fraction of sp³-hybridized carbons (Fsp3) is 0.100. The van der Waals surface area contributed by atoms with E-state index >= 15 is 0 Å². The molecule has 0 radical (unpaired) electrons. The number of nitrogen functional groups attached to an aromatic ring is 1. The van der Waals surface area contributed by atoms with Crippen molar-refractivity contribution in [3.8, 4) is 34.3 Å². The normalized spacial score (nSPS) is 10.9. The summed E-state index contributed by atoms with van der Waals surface area (Å²) in [5.41, 5.74) is 9.63. The highest BCUT2D eigenvalue weighted by atomic mass is 16.4. The average molecular weight is 359 g/mol. The maximum atomic E-state index is 9.29. The minimum absolute atomic E-state index is 0.0520. The number of benzene rings is 2. The topological polar surface area (TPSA) is 111 Å². The second-order valence-corrected chi connectivity index (χ2v) is 5.90. The van der Waals surface area contributed by atoms with Crippen LogP contribution >= 0.6 is 0 Å². The van der Waals surface area contributed by atoms with Gasteiger partial charge in [-0.15, -0.1) is 10.2 Å². The number of aromatic nitrogens is 4. The molecular weight excluding hydrogens is 342 g/mol. The van der Waals surface area contributed by atoms with Gasteiger partial charge >= 0.3 is 0 Å². The van der Waals surface area contributed by atoms with Gasteiger partial charge in [0, 0.05) is 17.7 Å². The third-order valence-electron chi connectivity index (χ3n) is 4.12. The molecule has 7 nitrogen and oxygen atoms in total. The minimum Gasteiger partial charge on any atom is -0.414 e. The average Bonchev–Trinajstić information content (AvgIpc) is 3.20. The quantitative estimate of drug-likeness (QED) is 0.563. The van der Waals surface area contributed by atoms with E-state index in [-0.39, 0.29) is 18.3 Å². The zero-order valence-electron chi connectivity index (χ0n) is 14.4. The zero-order valence-corrected chi connectivity index (χ0v) is 14.4. The number of aliphatic hydroxyl groups is 1. The molecule has 0 aliphatic rings. The van der Waals surface area contributed by atoms with Crippen LogP contribution in [0.5, 0.6) is 0 Å². The van der Waals surface area contributed by atoms with E-state index in [1.165, 1.54) is 0 Å². The van der Waals surface area contributed by atoms with Crippen LogP contribution in [-0.2, 0) is 6.42 Å². The van der Waals surface area contributed by atoms with Crippen molar-refractivity contribution in [2.75, 3.05) is 12.3 Å². The molecule has 0 unspecified atom stereocenters. The Morgan fingerprint density at radius 3 is 2.48 bits per heavy atom. The van der Waals surface area contributed by atoms with Crippen molar-refractivity contribution >= 4 is 5.82 Å². The smallest absolute Gasteiger partial charge is 0.270 e. The summed E-state index contributed by atoms with van der Waals surface area (Å²) in [6.07, 6.45) is 2.12. The third kappa shape index (κ3) is 3.40. The van der Waals surface area contributed by atoms with Crippen molar-refractivity contribution in [3.63, 3.8) is 0 Å². The molecule has 0 atom stereocenters. The van der Waals surface area contributed by atoms with Gasteiger partial charge in [0.1, 0.15) is 0 Å². The second kappa shape index (κ2) is 7.35. The number of aliphatic hydroxyl groups excluding tert-OH is 1. The van der Waals surface area contributed by atoms with Crippen molar-refractivity contribution < 1.29 is 9.52 Å². The lowest BCUT2D eigenvalue weighted by Gasteiger charge is -2.09. The summed E-state index contributed by atoms with van der Waals surface area (Å²) in [4.78, 5) is 8.84. The van der Waals surface area contributed by atoms with Gasteiger partial charge in [0.05, 0.1) is 11.9 Å². The van der Waals surface area contributed by atoms with Gasteiger partial charge in [-0.2, -0.15) is 0 Å². The monoisotopic (exact) mass is 359 g/mol. The predicted octanol–water partition coefficient (Wildman–Crippen LogP) is 2.98. The lowest BCUT2D eigenvalue weighted by molar-refractivity contribution is 0.300. The molecule has 0 amide bonds. The lowest BCUT2D eigenvalue weighted by atomic mass is 10.0. The van der Waals surface area contributed by atoms with Gasteiger partial charge in [-0.25, -0.2) is 9.97 Å². The molecule has 0 saturated heterocycles. The highest BCUT2D eigenvalue weighted by Crippen LogP contribution is 2.29. The molecule has 0 spiro atoms. The van der Waals surface area contributed by atoms with Gasteiger partial charge in [-0.1, -0.05) is 42.5 Å². The molecular formula is C20H17N5O2. The summed E-state index contributed by atoms with van der Waals surface area (Å²) in [6, 6.07) is 17.2. The van der Waals surface area contributed by atoms with Gasteiger partial charge in [-0.3, -0.25) is 0 Å². The first-order chi connectivity index (χ1) is 13.3. The van der Waals surface area contributed by atoms with E-state index in [0.717, 1.165) is 16.7 Å². The Balaban J connectivity index is 1.75. The number of rotatable bonds is 5. The highest BCUT2D eigenvalue weighted by molar-refractivity contribution is 5.70. The van der Waals surface area contributed by atoms with Crippen LogP contribution < -0.4 is 5.73 Å². The molecule has 0 aliphatic carbocycles. The summed E-state index contributed by atoms with van der Waals surface area (Å²) in [7, 11) is 0. The first kappa shape index (κ1) is 16.9. The summed E-state index contributed by atoms with van der Waals surface area (Å²) >= 11 is 0. The van der Waals surface area contributed by atoms with Crippen molar-refractivity contribution in [3.05, 3.63) is 66.4 Å². The van der Waals surface area contributed by atoms with Crippen LogP contribution in [0.1, 0.15) is 5.56 Å². The standard InChI is InChI=1S/C20H17N5O2/c21-18-17(20-25-24-19(27-20)14-7-2-1-3-8-14)23-16(12-22-18)15-9-5-4-6-13(15)10-11-26/h1-9,12,26H,10-11H2,(H2,21,22). The van der Waals surface area contributed by atoms with Gasteiger partial charge in [0.25, 0.3) is 5.89 Å². The van der Waals surface area contributed by atoms with Crippen molar-refractivity contribution in [1.82, 2.24) is 20.2 Å². The second-order valence-electron chi connectivity index (χ2n) is 5.90. The van der Waals surface area contributed by atoms with Crippen LogP contribution in [0.2, 0.25) is 0 Å². The molecule has 7 heteroatoms. The molecule has 3 N–H and O–H groups in total. The van der Waals surface area contributed by atoms with E-state index in [9.17, 15) is 5.11 Å². The molecule has 0 aliphatic heterocycles. The van der Waals surface area contributed by atoms with Crippen LogP contribution in [0.15, 0.2) is 65.2 Å². The number of nitrogens with zero attached hydrogens (tertiary/aromatic N) is 4. The molecule has 27 heavy (non-hydrogen) atoms. The summed E-state index contributed by atoms with van der Waals surface area (Å²) in [5, 5.41) is 17.4. The fourth-order valence-electron chi connectivity index (χ4n) is 2.81. The van der Waals surface area contributed by atoms with Crippen LogP contribution in [0.25, 0.3) is 34.3 Å². The van der Waals surface area contributed by atoms with Crippen LogP contribution in [0.4, 0.5) is 5.82 Å². The Morgan fingerprint density at radius 1 is 0.926 bits per heavy atom. The first-order valence-corrected chi connectivity index (χ1v) is 8.47. The Hall–Kier alpha value is -3.58. The number of hydrogen-bond acceptors (Lipinski definition) is 7. The molecule has 4 rings (SSSR count). The molecule has 0 bridgehead atoms. The van der Waals surface area contributed by atoms with E-state index in [1.54, 1.807) is 6.20 Å². The number of hydrogen-bond donors (Lipinski definition) is 2. The first-order valence-electron chi connectivity index (χ1n) is 8.47. The Morgan fingerprint density at radius 2 is 1.67 bits per heavy atom. The van der Waals surface area contributed by atoms with E-state index < -0.39 is 0 Å². The largest absolute Gasteiger partial charge is 0.414 e. The molecule has 0 saturated carbocycles. The van der Waals surface area contributed by atoms with E-state index in [1.807, 2.05) is 54.6 Å². The lowest BCUT2D eigenvalue weighted by Crippen LogP contribution is -2.01. The Kier molecular flexibility index (Phi) is 4.59. The van der Waals surface area contributed by atoms with Crippen LogP contribution in [-0.4, -0.2) is 31.9 Å². The molecule has 2 aromatic heterocycles. The van der Waals surface area contributed by atoms with Crippen LogP contribution in [0, 0.1) is 0 Å². The van der Waals surface area contributed by atoms with Gasteiger partial charge in [0.2, 0.25) is 5.89 Å². The van der Waals surface area contributed by atoms with E-state index in [4.69, 9.17) is 10.2 Å². The van der Waals surface area contributed by atoms with Crippen molar-refractivity contribution in [1.29, 1.82) is 0 Å². The van der Waals surface area contributed by atoms with Gasteiger partial charge in [0.15, 0.2) is 11.5 Å². The Labute approximate surface area is 155 Å². The zero-order chi connectivity index (χ0) is 18.6. The Bertz CT molecular complexity index is 1060. The molecule has 0 fully saturated rings. The maximum absolute atomic E-state index is 9.29. The molecule has 4 aromatic rings. The summed E-state index contributed by atoms with van der Waals surface area (Å²) < 4.78 is 5.76. The molecule has 2 heterocycles. The van der Waals surface area contributed by atoms with Gasteiger partial charge < -0.3 is 15.3 Å². The fourth-order valence-corrected chi connectivity index (χ4v) is 2.81. The summed E-state index contributed by atoms with van der Waals surface area (Å²) in [6.45, 7) is 0.0520. The number of anilines is 1. The van der Waals surface area contributed by atoms with E-state index in [0.29, 0.717) is 23.7 Å². The minimum atomic E-state index is 0.0520. The van der Waals surface area contributed by atoms with E-state index in [2.05, 4.69) is 20.2 Å². The number of nitrogens with two attached hydrogens (primary N) is 1. The molecule has 134 valence electrons.